The number of aromatic nitrogens is 2. The van der Waals surface area contributed by atoms with Crippen molar-refractivity contribution >= 4 is 23.1 Å². The van der Waals surface area contributed by atoms with Crippen LogP contribution in [0.4, 0.5) is 4.79 Å². The van der Waals surface area contributed by atoms with Crippen LogP contribution >= 0.6 is 0 Å². The SMILES string of the molecule is COC(=O)[C@H](Cn1c(=O)cnc2ccc(OC)cc21)NC(=O)OC(C)(C)C. The molecule has 0 fully saturated rings. The standard InChI is InChI=1S/C18H23N3O6/c1-18(2,3)27-17(24)20-13(16(23)26-5)10-21-14-8-11(25-4)6-7-12(14)19-9-15(21)22/h6-9,13H,10H2,1-5H3,(H,20,24)/t13-/m0/s1. The quantitative estimate of drug-likeness (QED) is 0.786. The lowest BCUT2D eigenvalue weighted by Gasteiger charge is -2.23. The summed E-state index contributed by atoms with van der Waals surface area (Å²) in [7, 11) is 2.70. The average molecular weight is 377 g/mol. The Morgan fingerprint density at radius 2 is 1.96 bits per heavy atom. The van der Waals surface area contributed by atoms with E-state index in [1.807, 2.05) is 0 Å². The van der Waals surface area contributed by atoms with Gasteiger partial charge < -0.3 is 24.1 Å². The molecule has 0 radical (unpaired) electrons. The molecule has 9 heteroatoms. The largest absolute Gasteiger partial charge is 0.497 e. The van der Waals surface area contributed by atoms with E-state index in [-0.39, 0.29) is 6.54 Å². The Balaban J connectivity index is 2.39. The average Bonchev–Trinajstić information content (AvgIpc) is 2.60. The first-order valence-electron chi connectivity index (χ1n) is 8.25. The number of amides is 1. The zero-order valence-corrected chi connectivity index (χ0v) is 15.9. The van der Waals surface area contributed by atoms with Crippen molar-refractivity contribution in [2.24, 2.45) is 0 Å². The third kappa shape index (κ3) is 5.19. The molecule has 0 bridgehead atoms. The zero-order chi connectivity index (χ0) is 20.2. The predicted octanol–water partition coefficient (Wildman–Crippen LogP) is 1.47. The molecule has 0 saturated carbocycles. The van der Waals surface area contributed by atoms with Crippen molar-refractivity contribution in [2.75, 3.05) is 14.2 Å². The van der Waals surface area contributed by atoms with Gasteiger partial charge in [0.05, 0.1) is 38.0 Å². The van der Waals surface area contributed by atoms with Crippen molar-refractivity contribution in [3.05, 3.63) is 34.7 Å². The van der Waals surface area contributed by atoms with E-state index in [0.717, 1.165) is 6.20 Å². The van der Waals surface area contributed by atoms with Gasteiger partial charge in [-0.3, -0.25) is 4.79 Å². The van der Waals surface area contributed by atoms with Crippen molar-refractivity contribution in [3.8, 4) is 5.75 Å². The molecule has 27 heavy (non-hydrogen) atoms. The number of esters is 1. The molecule has 1 aromatic carbocycles. The number of hydrogen-bond acceptors (Lipinski definition) is 7. The molecule has 1 atom stereocenters. The Morgan fingerprint density at radius 1 is 1.26 bits per heavy atom. The lowest BCUT2D eigenvalue weighted by molar-refractivity contribution is -0.143. The number of carbonyl (C=O) groups excluding carboxylic acids is 2. The number of carbonyl (C=O) groups is 2. The Morgan fingerprint density at radius 3 is 2.56 bits per heavy atom. The topological polar surface area (TPSA) is 109 Å². The number of benzene rings is 1. The fourth-order valence-corrected chi connectivity index (χ4v) is 2.41. The van der Waals surface area contributed by atoms with Crippen LogP contribution in [0.25, 0.3) is 11.0 Å². The van der Waals surface area contributed by atoms with Gasteiger partial charge in [-0.15, -0.1) is 0 Å². The molecular formula is C18H23N3O6. The van der Waals surface area contributed by atoms with Gasteiger partial charge in [0.15, 0.2) is 0 Å². The van der Waals surface area contributed by atoms with Crippen molar-refractivity contribution in [2.45, 2.75) is 39.0 Å². The second-order valence-electron chi connectivity index (χ2n) is 6.78. The normalized spacial score (nSPS) is 12.3. The van der Waals surface area contributed by atoms with E-state index in [9.17, 15) is 14.4 Å². The summed E-state index contributed by atoms with van der Waals surface area (Å²) in [5.74, 6) is -0.181. The van der Waals surface area contributed by atoms with Gasteiger partial charge in [0, 0.05) is 6.07 Å². The third-order valence-electron chi connectivity index (χ3n) is 3.60. The van der Waals surface area contributed by atoms with Gasteiger partial charge >= 0.3 is 12.1 Å². The highest BCUT2D eigenvalue weighted by molar-refractivity contribution is 5.82. The first-order valence-corrected chi connectivity index (χ1v) is 8.25. The maximum atomic E-state index is 12.4. The minimum atomic E-state index is -1.13. The highest BCUT2D eigenvalue weighted by Gasteiger charge is 2.26. The second kappa shape index (κ2) is 8.07. The number of rotatable bonds is 5. The van der Waals surface area contributed by atoms with Gasteiger partial charge in [-0.2, -0.15) is 0 Å². The Labute approximate surface area is 156 Å². The number of ether oxygens (including phenoxy) is 3. The molecule has 0 spiro atoms. The van der Waals surface area contributed by atoms with Crippen molar-refractivity contribution in [3.63, 3.8) is 0 Å². The van der Waals surface area contributed by atoms with E-state index in [0.29, 0.717) is 16.8 Å². The highest BCUT2D eigenvalue weighted by atomic mass is 16.6. The molecule has 2 rings (SSSR count). The summed E-state index contributed by atoms with van der Waals surface area (Å²) in [6.45, 7) is 4.95. The summed E-state index contributed by atoms with van der Waals surface area (Å²) in [5.41, 5.74) is -0.174. The van der Waals surface area contributed by atoms with Crippen LogP contribution in [-0.2, 0) is 20.8 Å². The third-order valence-corrected chi connectivity index (χ3v) is 3.60. The highest BCUT2D eigenvalue weighted by Crippen LogP contribution is 2.18. The van der Waals surface area contributed by atoms with E-state index in [1.54, 1.807) is 39.0 Å². The number of hydrogen-bond donors (Lipinski definition) is 1. The van der Waals surface area contributed by atoms with E-state index in [1.165, 1.54) is 18.8 Å². The van der Waals surface area contributed by atoms with Crippen molar-refractivity contribution in [1.29, 1.82) is 0 Å². The van der Waals surface area contributed by atoms with Crippen LogP contribution < -0.4 is 15.6 Å². The summed E-state index contributed by atoms with van der Waals surface area (Å²) in [4.78, 5) is 40.6. The summed E-state index contributed by atoms with van der Waals surface area (Å²) in [6.07, 6.45) is 0.360. The van der Waals surface area contributed by atoms with Crippen LogP contribution in [0.3, 0.4) is 0 Å². The van der Waals surface area contributed by atoms with Gasteiger partial charge in [-0.1, -0.05) is 0 Å². The lowest BCUT2D eigenvalue weighted by Crippen LogP contribution is -2.47. The summed E-state index contributed by atoms with van der Waals surface area (Å²) >= 11 is 0. The van der Waals surface area contributed by atoms with Crippen LogP contribution in [0.1, 0.15) is 20.8 Å². The van der Waals surface area contributed by atoms with Crippen LogP contribution in [0.5, 0.6) is 5.75 Å². The first-order chi connectivity index (χ1) is 12.6. The molecule has 0 aliphatic rings. The molecule has 0 aliphatic heterocycles. The smallest absolute Gasteiger partial charge is 0.408 e. The fraction of sp³-hybridized carbons (Fsp3) is 0.444. The van der Waals surface area contributed by atoms with Gasteiger partial charge in [0.1, 0.15) is 17.4 Å². The minimum Gasteiger partial charge on any atom is -0.497 e. The molecule has 9 nitrogen and oxygen atoms in total. The molecule has 0 saturated heterocycles. The number of methoxy groups -OCH3 is 2. The Kier molecular flexibility index (Phi) is 6.04. The lowest BCUT2D eigenvalue weighted by atomic mass is 10.2. The predicted molar refractivity (Wildman–Crippen MR) is 97.7 cm³/mol. The van der Waals surface area contributed by atoms with E-state index in [4.69, 9.17) is 14.2 Å². The van der Waals surface area contributed by atoms with Crippen LogP contribution in [-0.4, -0.2) is 47.5 Å². The summed E-state index contributed by atoms with van der Waals surface area (Å²) in [6, 6.07) is 3.91. The van der Waals surface area contributed by atoms with Crippen LogP contribution in [0.2, 0.25) is 0 Å². The molecular weight excluding hydrogens is 354 g/mol. The molecule has 1 aromatic heterocycles. The summed E-state index contributed by atoms with van der Waals surface area (Å²) < 4.78 is 16.4. The number of fused-ring (bicyclic) bond motifs is 1. The fourth-order valence-electron chi connectivity index (χ4n) is 2.41. The van der Waals surface area contributed by atoms with Crippen molar-refractivity contribution < 1.29 is 23.8 Å². The Hall–Kier alpha value is -3.10. The number of nitrogens with zero attached hydrogens (tertiary/aromatic N) is 2. The zero-order valence-electron chi connectivity index (χ0n) is 15.9. The van der Waals surface area contributed by atoms with Gasteiger partial charge in [0.25, 0.3) is 5.56 Å². The van der Waals surface area contributed by atoms with E-state index >= 15 is 0 Å². The minimum absolute atomic E-state index is 0.156. The van der Waals surface area contributed by atoms with Crippen LogP contribution in [0.15, 0.2) is 29.2 Å². The van der Waals surface area contributed by atoms with E-state index < -0.39 is 29.3 Å². The van der Waals surface area contributed by atoms with Gasteiger partial charge in [0.2, 0.25) is 0 Å². The molecule has 1 amide bonds. The number of alkyl carbamates (subject to hydrolysis) is 1. The Bertz CT molecular complexity index is 900. The second-order valence-corrected chi connectivity index (χ2v) is 6.78. The molecule has 1 heterocycles. The van der Waals surface area contributed by atoms with Crippen molar-refractivity contribution in [1.82, 2.24) is 14.9 Å². The molecule has 0 unspecified atom stereocenters. The van der Waals surface area contributed by atoms with Crippen LogP contribution in [0, 0.1) is 0 Å². The molecule has 2 aromatic rings. The van der Waals surface area contributed by atoms with Gasteiger partial charge in [-0.05, 0) is 32.9 Å². The molecule has 0 aliphatic carbocycles. The summed E-state index contributed by atoms with van der Waals surface area (Å²) in [5, 5.41) is 2.45. The molecule has 1 N–H and O–H groups in total. The van der Waals surface area contributed by atoms with E-state index in [2.05, 4.69) is 10.3 Å². The van der Waals surface area contributed by atoms with Gasteiger partial charge in [-0.25, -0.2) is 14.6 Å². The maximum absolute atomic E-state index is 12.4. The number of nitrogens with one attached hydrogen (secondary N) is 1. The monoisotopic (exact) mass is 377 g/mol. The maximum Gasteiger partial charge on any atom is 0.408 e. The molecule has 146 valence electrons. The first kappa shape index (κ1) is 20.2.